The van der Waals surface area contributed by atoms with E-state index in [1.165, 1.54) is 25.7 Å². The van der Waals surface area contributed by atoms with Crippen LogP contribution in [0.1, 0.15) is 39.5 Å². The van der Waals surface area contributed by atoms with Crippen LogP contribution >= 0.6 is 0 Å². The summed E-state index contributed by atoms with van der Waals surface area (Å²) in [7, 11) is 1.94. The SMILES string of the molecule is CCCC[B]OCCCC. The molecule has 0 saturated carbocycles. The van der Waals surface area contributed by atoms with Gasteiger partial charge in [-0.2, -0.15) is 0 Å². The van der Waals surface area contributed by atoms with Gasteiger partial charge in [0, 0.05) is 6.61 Å². The summed E-state index contributed by atoms with van der Waals surface area (Å²) >= 11 is 0. The molecule has 0 fully saturated rings. The van der Waals surface area contributed by atoms with Crippen LogP contribution in [0.25, 0.3) is 0 Å². The van der Waals surface area contributed by atoms with E-state index in [2.05, 4.69) is 13.8 Å². The van der Waals surface area contributed by atoms with Crippen LogP contribution in [0, 0.1) is 0 Å². The Hall–Kier alpha value is 0.0249. The first-order chi connectivity index (χ1) is 4.91. The molecular weight excluding hydrogens is 123 g/mol. The topological polar surface area (TPSA) is 9.23 Å². The Morgan fingerprint density at radius 2 is 1.80 bits per heavy atom. The molecule has 0 unspecified atom stereocenters. The third-order valence-electron chi connectivity index (χ3n) is 1.41. The van der Waals surface area contributed by atoms with Crippen molar-refractivity contribution < 1.29 is 4.65 Å². The average Bonchev–Trinajstić information content (AvgIpc) is 1.97. The first-order valence-electron chi connectivity index (χ1n) is 4.35. The van der Waals surface area contributed by atoms with Crippen LogP contribution in [-0.4, -0.2) is 14.1 Å². The van der Waals surface area contributed by atoms with Crippen LogP contribution in [0.2, 0.25) is 6.32 Å². The van der Waals surface area contributed by atoms with Gasteiger partial charge < -0.3 is 4.65 Å². The fraction of sp³-hybridized carbons (Fsp3) is 1.00. The number of hydrogen-bond acceptors (Lipinski definition) is 1. The highest BCUT2D eigenvalue weighted by molar-refractivity contribution is 6.26. The maximum absolute atomic E-state index is 5.25. The van der Waals surface area contributed by atoms with E-state index in [1.807, 2.05) is 7.48 Å². The fourth-order valence-corrected chi connectivity index (χ4v) is 0.682. The van der Waals surface area contributed by atoms with E-state index in [1.54, 1.807) is 0 Å². The van der Waals surface area contributed by atoms with Gasteiger partial charge >= 0.3 is 0 Å². The van der Waals surface area contributed by atoms with Gasteiger partial charge in [0.2, 0.25) is 0 Å². The summed E-state index contributed by atoms with van der Waals surface area (Å²) in [6.45, 7) is 5.27. The van der Waals surface area contributed by atoms with Crippen molar-refractivity contribution in [1.82, 2.24) is 0 Å². The van der Waals surface area contributed by atoms with Gasteiger partial charge in [0.1, 0.15) is 0 Å². The Morgan fingerprint density at radius 3 is 2.40 bits per heavy atom. The number of rotatable bonds is 7. The van der Waals surface area contributed by atoms with Crippen molar-refractivity contribution in [3.8, 4) is 0 Å². The molecule has 0 aliphatic heterocycles. The fourth-order valence-electron chi connectivity index (χ4n) is 0.682. The number of hydrogen-bond donors (Lipinski definition) is 0. The molecule has 2 heteroatoms. The molecule has 0 spiro atoms. The molecule has 59 valence electrons. The Labute approximate surface area is 65.4 Å². The normalized spacial score (nSPS) is 9.80. The van der Waals surface area contributed by atoms with Crippen LogP contribution in [0.15, 0.2) is 0 Å². The summed E-state index contributed by atoms with van der Waals surface area (Å²) in [5, 5.41) is 0. The van der Waals surface area contributed by atoms with E-state index in [-0.39, 0.29) is 0 Å². The van der Waals surface area contributed by atoms with E-state index >= 15 is 0 Å². The lowest BCUT2D eigenvalue weighted by atomic mass is 9.92. The lowest BCUT2D eigenvalue weighted by molar-refractivity contribution is 0.325. The highest BCUT2D eigenvalue weighted by Gasteiger charge is 1.90. The molecular formula is C8H18BO. The lowest BCUT2D eigenvalue weighted by Crippen LogP contribution is -1.99. The summed E-state index contributed by atoms with van der Waals surface area (Å²) in [5.41, 5.74) is 0. The molecule has 0 aromatic rings. The Kier molecular flexibility index (Phi) is 9.05. The summed E-state index contributed by atoms with van der Waals surface area (Å²) in [6, 6.07) is 0. The standard InChI is InChI=1S/C8H18BO/c1-3-5-7-9-10-8-6-4-2/h3-8H2,1-2H3. The first kappa shape index (κ1) is 10.0. The lowest BCUT2D eigenvalue weighted by Gasteiger charge is -1.99. The second-order valence-electron chi connectivity index (χ2n) is 2.53. The molecule has 0 aliphatic carbocycles. The zero-order valence-electron chi connectivity index (χ0n) is 7.23. The van der Waals surface area contributed by atoms with E-state index in [4.69, 9.17) is 4.65 Å². The van der Waals surface area contributed by atoms with Crippen LogP contribution in [0.5, 0.6) is 0 Å². The van der Waals surface area contributed by atoms with Gasteiger partial charge in [0.05, 0.1) is 0 Å². The smallest absolute Gasteiger partial charge is 0.292 e. The van der Waals surface area contributed by atoms with Crippen LogP contribution in [0.3, 0.4) is 0 Å². The molecule has 0 aromatic carbocycles. The van der Waals surface area contributed by atoms with Crippen molar-refractivity contribution in [2.24, 2.45) is 0 Å². The molecule has 0 saturated heterocycles. The van der Waals surface area contributed by atoms with Crippen LogP contribution < -0.4 is 0 Å². The quantitative estimate of drug-likeness (QED) is 0.391. The van der Waals surface area contributed by atoms with Crippen molar-refractivity contribution in [2.75, 3.05) is 6.61 Å². The minimum absolute atomic E-state index is 0.903. The molecule has 0 amide bonds. The number of unbranched alkanes of at least 4 members (excludes halogenated alkanes) is 2. The highest BCUT2D eigenvalue weighted by Crippen LogP contribution is 1.94. The van der Waals surface area contributed by atoms with Gasteiger partial charge in [-0.1, -0.05) is 39.4 Å². The Bertz CT molecular complexity index is 49.2. The molecule has 0 bridgehead atoms. The minimum atomic E-state index is 0.903. The van der Waals surface area contributed by atoms with Gasteiger partial charge in [-0.15, -0.1) is 0 Å². The monoisotopic (exact) mass is 141 g/mol. The van der Waals surface area contributed by atoms with Crippen LogP contribution in [0.4, 0.5) is 0 Å². The van der Waals surface area contributed by atoms with Crippen molar-refractivity contribution in [3.05, 3.63) is 0 Å². The highest BCUT2D eigenvalue weighted by atomic mass is 16.4. The van der Waals surface area contributed by atoms with Gasteiger partial charge in [0.15, 0.2) is 0 Å². The maximum atomic E-state index is 5.25. The van der Waals surface area contributed by atoms with Crippen molar-refractivity contribution in [2.45, 2.75) is 45.9 Å². The largest absolute Gasteiger partial charge is 0.440 e. The zero-order valence-corrected chi connectivity index (χ0v) is 7.23. The van der Waals surface area contributed by atoms with Gasteiger partial charge in [-0.25, -0.2) is 0 Å². The second-order valence-corrected chi connectivity index (χ2v) is 2.53. The molecule has 10 heavy (non-hydrogen) atoms. The molecule has 0 aromatic heterocycles. The van der Waals surface area contributed by atoms with E-state index in [9.17, 15) is 0 Å². The molecule has 1 nitrogen and oxygen atoms in total. The Balaban J connectivity index is 2.65. The summed E-state index contributed by atoms with van der Waals surface area (Å²) < 4.78 is 5.25. The Morgan fingerprint density at radius 1 is 1.10 bits per heavy atom. The van der Waals surface area contributed by atoms with Crippen molar-refractivity contribution in [3.63, 3.8) is 0 Å². The average molecular weight is 141 g/mol. The van der Waals surface area contributed by atoms with E-state index < -0.39 is 0 Å². The van der Waals surface area contributed by atoms with Gasteiger partial charge in [-0.3, -0.25) is 0 Å². The van der Waals surface area contributed by atoms with Gasteiger partial charge in [-0.05, 0) is 6.42 Å². The molecule has 0 atom stereocenters. The van der Waals surface area contributed by atoms with Gasteiger partial charge in [0.25, 0.3) is 7.48 Å². The van der Waals surface area contributed by atoms with E-state index in [0.29, 0.717) is 0 Å². The molecule has 0 heterocycles. The zero-order chi connectivity index (χ0) is 7.66. The van der Waals surface area contributed by atoms with Crippen molar-refractivity contribution >= 4 is 7.48 Å². The third-order valence-corrected chi connectivity index (χ3v) is 1.41. The molecule has 0 aliphatic rings. The summed E-state index contributed by atoms with van der Waals surface area (Å²) in [4.78, 5) is 0. The predicted molar refractivity (Wildman–Crippen MR) is 46.3 cm³/mol. The second kappa shape index (κ2) is 9.02. The first-order valence-corrected chi connectivity index (χ1v) is 4.35. The van der Waals surface area contributed by atoms with Crippen LogP contribution in [-0.2, 0) is 4.65 Å². The predicted octanol–water partition coefficient (Wildman–Crippen LogP) is 2.64. The van der Waals surface area contributed by atoms with Crippen molar-refractivity contribution in [1.29, 1.82) is 0 Å². The molecule has 0 N–H and O–H groups in total. The molecule has 0 rings (SSSR count). The minimum Gasteiger partial charge on any atom is -0.440 e. The summed E-state index contributed by atoms with van der Waals surface area (Å²) in [6.07, 6.45) is 6.03. The summed E-state index contributed by atoms with van der Waals surface area (Å²) in [5.74, 6) is 0. The maximum Gasteiger partial charge on any atom is 0.292 e. The molecule has 1 radical (unpaired) electrons. The third kappa shape index (κ3) is 8.02. The van der Waals surface area contributed by atoms with E-state index in [0.717, 1.165) is 12.9 Å².